The molecule has 1 amide bonds. The lowest BCUT2D eigenvalue weighted by Crippen LogP contribution is -2.30. The van der Waals surface area contributed by atoms with Gasteiger partial charge in [0, 0.05) is 10.6 Å². The van der Waals surface area contributed by atoms with E-state index < -0.39 is 15.1 Å². The maximum atomic E-state index is 13.6. The summed E-state index contributed by atoms with van der Waals surface area (Å²) in [5, 5.41) is 0.646. The van der Waals surface area contributed by atoms with Gasteiger partial charge in [0.15, 0.2) is 15.0 Å². The molecule has 1 aromatic heterocycles. The predicted molar refractivity (Wildman–Crippen MR) is 135 cm³/mol. The van der Waals surface area contributed by atoms with Crippen LogP contribution in [0.25, 0.3) is 10.2 Å². The molecule has 0 N–H and O–H groups in total. The van der Waals surface area contributed by atoms with E-state index in [1.807, 2.05) is 49.4 Å². The van der Waals surface area contributed by atoms with Crippen LogP contribution < -0.4 is 4.90 Å². The number of sulfone groups is 1. The Labute approximate surface area is 202 Å². The Kier molecular flexibility index (Phi) is 6.56. The van der Waals surface area contributed by atoms with Crippen molar-refractivity contribution in [3.8, 4) is 0 Å². The number of thiazole rings is 1. The summed E-state index contributed by atoms with van der Waals surface area (Å²) in [5.74, 6) is -0.254. The molecule has 33 heavy (non-hydrogen) atoms. The van der Waals surface area contributed by atoms with Crippen molar-refractivity contribution in [1.82, 2.24) is 4.98 Å². The van der Waals surface area contributed by atoms with Crippen molar-refractivity contribution in [2.75, 3.05) is 4.90 Å². The molecule has 8 heteroatoms. The van der Waals surface area contributed by atoms with Crippen LogP contribution >= 0.6 is 22.9 Å². The molecule has 0 saturated heterocycles. The molecular weight excluding hydrogens is 476 g/mol. The third-order valence-electron chi connectivity index (χ3n) is 5.35. The Bertz CT molecular complexity index is 1410. The molecular formula is C25H23ClN2O3S2. The first-order valence-corrected chi connectivity index (χ1v) is 13.2. The summed E-state index contributed by atoms with van der Waals surface area (Å²) in [6.45, 7) is 5.54. The first-order chi connectivity index (χ1) is 15.7. The van der Waals surface area contributed by atoms with Crippen LogP contribution in [0.15, 0.2) is 71.6 Å². The molecule has 0 unspecified atom stereocenters. The fourth-order valence-corrected chi connectivity index (χ4v) is 5.94. The molecule has 0 bridgehead atoms. The lowest BCUT2D eigenvalue weighted by molar-refractivity contribution is 0.0985. The van der Waals surface area contributed by atoms with Gasteiger partial charge < -0.3 is 0 Å². The summed E-state index contributed by atoms with van der Waals surface area (Å²) in [6, 6.07) is 19.5. The molecule has 170 valence electrons. The average molecular weight is 499 g/mol. The summed E-state index contributed by atoms with van der Waals surface area (Å²) in [6.07, 6.45) is 0. The van der Waals surface area contributed by atoms with Gasteiger partial charge in [-0.15, -0.1) is 0 Å². The van der Waals surface area contributed by atoms with Crippen molar-refractivity contribution < 1.29 is 13.2 Å². The first kappa shape index (κ1) is 23.4. The molecule has 0 atom stereocenters. The molecule has 0 fully saturated rings. The number of hydrogen-bond acceptors (Lipinski definition) is 5. The van der Waals surface area contributed by atoms with E-state index in [9.17, 15) is 13.2 Å². The van der Waals surface area contributed by atoms with Gasteiger partial charge >= 0.3 is 0 Å². The zero-order valence-electron chi connectivity index (χ0n) is 18.4. The van der Waals surface area contributed by atoms with Gasteiger partial charge in [-0.3, -0.25) is 9.69 Å². The summed E-state index contributed by atoms with van der Waals surface area (Å²) >= 11 is 7.62. The fraction of sp³-hybridized carbons (Fsp3) is 0.200. The SMILES string of the molecule is Cc1cc(Cl)cc2sc(N(Cc3ccccc3)C(=O)c3ccc(S(=O)(=O)C(C)C)cc3)nc12. The Hall–Kier alpha value is -2.74. The summed E-state index contributed by atoms with van der Waals surface area (Å²) < 4.78 is 25.8. The van der Waals surface area contributed by atoms with Crippen LogP contribution in [-0.2, 0) is 16.4 Å². The van der Waals surface area contributed by atoms with Crippen molar-refractivity contribution in [2.45, 2.75) is 37.5 Å². The van der Waals surface area contributed by atoms with Crippen LogP contribution in [0.2, 0.25) is 5.02 Å². The summed E-state index contributed by atoms with van der Waals surface area (Å²) in [4.78, 5) is 20.2. The third kappa shape index (κ3) is 4.81. The van der Waals surface area contributed by atoms with E-state index in [1.165, 1.54) is 23.5 Å². The zero-order chi connectivity index (χ0) is 23.8. The quantitative estimate of drug-likeness (QED) is 0.313. The zero-order valence-corrected chi connectivity index (χ0v) is 20.8. The highest BCUT2D eigenvalue weighted by molar-refractivity contribution is 7.92. The second-order valence-electron chi connectivity index (χ2n) is 8.06. The van der Waals surface area contributed by atoms with Gasteiger partial charge in [0.05, 0.1) is 26.9 Å². The number of carbonyl (C=O) groups excluding carboxylic acids is 1. The molecule has 0 aliphatic rings. The minimum absolute atomic E-state index is 0.203. The highest BCUT2D eigenvalue weighted by Crippen LogP contribution is 2.34. The lowest BCUT2D eigenvalue weighted by Gasteiger charge is -2.20. The van der Waals surface area contributed by atoms with Crippen LogP contribution in [0.3, 0.4) is 0 Å². The average Bonchev–Trinajstić information content (AvgIpc) is 3.22. The molecule has 0 aliphatic carbocycles. The summed E-state index contributed by atoms with van der Waals surface area (Å²) in [7, 11) is -3.41. The number of halogens is 1. The van der Waals surface area contributed by atoms with Gasteiger partial charge in [-0.25, -0.2) is 13.4 Å². The first-order valence-electron chi connectivity index (χ1n) is 10.4. The summed E-state index contributed by atoms with van der Waals surface area (Å²) in [5.41, 5.74) is 3.10. The van der Waals surface area contributed by atoms with Gasteiger partial charge in [0.1, 0.15) is 0 Å². The molecule has 4 aromatic rings. The molecule has 5 nitrogen and oxygen atoms in total. The van der Waals surface area contributed by atoms with Gasteiger partial charge in [-0.05, 0) is 68.3 Å². The number of benzene rings is 3. The monoisotopic (exact) mass is 498 g/mol. The Morgan fingerprint density at radius 3 is 2.36 bits per heavy atom. The Morgan fingerprint density at radius 2 is 1.73 bits per heavy atom. The van der Waals surface area contributed by atoms with Gasteiger partial charge in [-0.2, -0.15) is 0 Å². The van der Waals surface area contributed by atoms with Crippen LogP contribution in [0.1, 0.15) is 35.3 Å². The minimum atomic E-state index is -3.41. The predicted octanol–water partition coefficient (Wildman–Crippen LogP) is 6.29. The molecule has 0 radical (unpaired) electrons. The Balaban J connectivity index is 1.75. The standard InChI is InChI=1S/C25H23ClN2O3S2/c1-16(2)33(30,31)21-11-9-19(10-12-21)24(29)28(15-18-7-5-4-6-8-18)25-27-23-17(3)13-20(26)14-22(23)32-25/h4-14,16H,15H2,1-3H3. The van der Waals surface area contributed by atoms with E-state index in [-0.39, 0.29) is 10.8 Å². The normalized spacial score (nSPS) is 11.8. The van der Waals surface area contributed by atoms with Gasteiger partial charge in [-0.1, -0.05) is 53.3 Å². The second-order valence-corrected chi connectivity index (χ2v) is 12.0. The highest BCUT2D eigenvalue weighted by Gasteiger charge is 2.24. The number of carbonyl (C=O) groups is 1. The van der Waals surface area contributed by atoms with E-state index in [0.29, 0.717) is 22.3 Å². The van der Waals surface area contributed by atoms with E-state index in [0.717, 1.165) is 21.3 Å². The largest absolute Gasteiger partial charge is 0.279 e. The number of hydrogen-bond donors (Lipinski definition) is 0. The van der Waals surface area contributed by atoms with Crippen LogP contribution in [0.5, 0.6) is 0 Å². The minimum Gasteiger partial charge on any atom is -0.279 e. The second kappa shape index (κ2) is 9.25. The van der Waals surface area contributed by atoms with E-state index >= 15 is 0 Å². The van der Waals surface area contributed by atoms with E-state index in [1.54, 1.807) is 30.9 Å². The fourth-order valence-electron chi connectivity index (χ4n) is 3.47. The van der Waals surface area contributed by atoms with Gasteiger partial charge in [0.2, 0.25) is 0 Å². The maximum absolute atomic E-state index is 13.6. The van der Waals surface area contributed by atoms with Crippen molar-refractivity contribution in [3.05, 3.63) is 88.4 Å². The number of aromatic nitrogens is 1. The van der Waals surface area contributed by atoms with Crippen LogP contribution in [0, 0.1) is 6.92 Å². The van der Waals surface area contributed by atoms with Crippen molar-refractivity contribution in [1.29, 1.82) is 0 Å². The number of fused-ring (bicyclic) bond motifs is 1. The van der Waals surface area contributed by atoms with Crippen molar-refractivity contribution >= 4 is 54.0 Å². The number of anilines is 1. The molecule has 0 aliphatic heterocycles. The van der Waals surface area contributed by atoms with Crippen LogP contribution in [0.4, 0.5) is 5.13 Å². The number of aryl methyl sites for hydroxylation is 1. The van der Waals surface area contributed by atoms with Crippen molar-refractivity contribution in [2.24, 2.45) is 0 Å². The number of amides is 1. The van der Waals surface area contributed by atoms with Crippen molar-refractivity contribution in [3.63, 3.8) is 0 Å². The maximum Gasteiger partial charge on any atom is 0.260 e. The smallest absolute Gasteiger partial charge is 0.260 e. The lowest BCUT2D eigenvalue weighted by atomic mass is 10.1. The van der Waals surface area contributed by atoms with E-state index in [2.05, 4.69) is 0 Å². The number of rotatable bonds is 6. The van der Waals surface area contributed by atoms with Crippen LogP contribution in [-0.4, -0.2) is 24.6 Å². The Morgan fingerprint density at radius 1 is 1.06 bits per heavy atom. The third-order valence-corrected chi connectivity index (χ3v) is 8.76. The van der Waals surface area contributed by atoms with E-state index in [4.69, 9.17) is 16.6 Å². The topological polar surface area (TPSA) is 67.3 Å². The molecule has 0 saturated carbocycles. The molecule has 0 spiro atoms. The highest BCUT2D eigenvalue weighted by atomic mass is 35.5. The van der Waals surface area contributed by atoms with Gasteiger partial charge in [0.25, 0.3) is 5.91 Å². The number of nitrogens with zero attached hydrogens (tertiary/aromatic N) is 2. The molecule has 4 rings (SSSR count). The molecule has 3 aromatic carbocycles. The molecule has 1 heterocycles.